The maximum absolute atomic E-state index is 11.5. The molecule has 1 N–H and O–H groups in total. The number of nitrogens with one attached hydrogen (secondary N) is 1. The van der Waals surface area contributed by atoms with Crippen molar-refractivity contribution in [3.05, 3.63) is 48.5 Å². The molecule has 0 aliphatic heterocycles. The number of hydrogen-bond donors (Lipinski definition) is 1. The van der Waals surface area contributed by atoms with Crippen LogP contribution in [0.3, 0.4) is 0 Å². The van der Waals surface area contributed by atoms with Gasteiger partial charge >= 0.3 is 0 Å². The zero-order valence-corrected chi connectivity index (χ0v) is 12.6. The van der Waals surface area contributed by atoms with Crippen LogP contribution in [0, 0.1) is 0 Å². The van der Waals surface area contributed by atoms with E-state index in [1.807, 2.05) is 12.1 Å². The van der Waals surface area contributed by atoms with Gasteiger partial charge in [0.05, 0.1) is 7.11 Å². The lowest BCUT2D eigenvalue weighted by Crippen LogP contribution is -2.24. The number of carbonyl (C=O) groups is 2. The maximum Gasteiger partial charge on any atom is 0.224 e. The zero-order chi connectivity index (χ0) is 16.7. The van der Waals surface area contributed by atoms with Crippen LogP contribution in [0.4, 0.5) is 5.69 Å². The highest BCUT2D eigenvalue weighted by Gasteiger charge is 2.06. The summed E-state index contributed by atoms with van der Waals surface area (Å²) in [5.74, 6) is 0.156. The van der Waals surface area contributed by atoms with E-state index in [0.717, 1.165) is 0 Å². The summed E-state index contributed by atoms with van der Waals surface area (Å²) in [7, 11) is 1.56. The van der Waals surface area contributed by atoms with E-state index in [1.54, 1.807) is 43.5 Å². The number of methoxy groups -OCH3 is 1. The van der Waals surface area contributed by atoms with Gasteiger partial charge in [0.1, 0.15) is 5.75 Å². The van der Waals surface area contributed by atoms with Gasteiger partial charge in [-0.15, -0.1) is 0 Å². The quantitative estimate of drug-likeness (QED) is 0.844. The van der Waals surface area contributed by atoms with Gasteiger partial charge in [-0.3, -0.25) is 4.79 Å². The number of anilines is 1. The number of hydrogen-bond acceptors (Lipinski definition) is 5. The average Bonchev–Trinajstić information content (AvgIpc) is 2.55. The summed E-state index contributed by atoms with van der Waals surface area (Å²) >= 11 is 0. The van der Waals surface area contributed by atoms with Gasteiger partial charge in [-0.25, -0.2) is 0 Å². The molecular formula is C17H16NO5-. The molecule has 0 fully saturated rings. The minimum absolute atomic E-state index is 0.123. The Morgan fingerprint density at radius 3 is 2.26 bits per heavy atom. The first-order valence-corrected chi connectivity index (χ1v) is 6.99. The van der Waals surface area contributed by atoms with Gasteiger partial charge in [0.25, 0.3) is 0 Å². The van der Waals surface area contributed by atoms with Crippen molar-refractivity contribution >= 4 is 17.6 Å². The third kappa shape index (κ3) is 5.03. The molecule has 0 bridgehead atoms. The molecule has 2 aromatic carbocycles. The second-order valence-corrected chi connectivity index (χ2v) is 4.70. The van der Waals surface area contributed by atoms with Crippen molar-refractivity contribution in [2.24, 2.45) is 0 Å². The third-order valence-corrected chi connectivity index (χ3v) is 2.99. The van der Waals surface area contributed by atoms with Crippen molar-refractivity contribution in [3.63, 3.8) is 0 Å². The Bertz CT molecular complexity index is 682. The topological polar surface area (TPSA) is 87.7 Å². The van der Waals surface area contributed by atoms with E-state index in [-0.39, 0.29) is 18.7 Å². The van der Waals surface area contributed by atoms with Crippen LogP contribution in [0.15, 0.2) is 48.5 Å². The van der Waals surface area contributed by atoms with Gasteiger partial charge in [-0.1, -0.05) is 12.1 Å². The monoisotopic (exact) mass is 314 g/mol. The molecule has 0 aromatic heterocycles. The van der Waals surface area contributed by atoms with Crippen LogP contribution in [0.25, 0.3) is 0 Å². The third-order valence-electron chi connectivity index (χ3n) is 2.99. The smallest absolute Gasteiger partial charge is 0.224 e. The lowest BCUT2D eigenvalue weighted by atomic mass is 10.2. The van der Waals surface area contributed by atoms with Gasteiger partial charge in [-0.05, 0) is 42.8 Å². The summed E-state index contributed by atoms with van der Waals surface area (Å²) in [6.07, 6.45) is -0.428. The number of ether oxygens (including phenoxy) is 2. The summed E-state index contributed by atoms with van der Waals surface area (Å²) in [5, 5.41) is 12.9. The second-order valence-electron chi connectivity index (χ2n) is 4.70. The normalized spacial score (nSPS) is 9.96. The highest BCUT2D eigenvalue weighted by molar-refractivity contribution is 5.92. The molecule has 0 heterocycles. The fourth-order valence-electron chi connectivity index (χ4n) is 1.88. The molecule has 1 amide bonds. The zero-order valence-electron chi connectivity index (χ0n) is 12.6. The van der Waals surface area contributed by atoms with Crippen molar-refractivity contribution in [1.29, 1.82) is 0 Å². The molecule has 23 heavy (non-hydrogen) atoms. The Labute approximate surface area is 133 Å². The minimum Gasteiger partial charge on any atom is -0.550 e. The van der Waals surface area contributed by atoms with E-state index in [2.05, 4.69) is 5.32 Å². The van der Waals surface area contributed by atoms with Gasteiger partial charge in [-0.2, -0.15) is 0 Å². The summed E-state index contributed by atoms with van der Waals surface area (Å²) in [6.45, 7) is 0. The Morgan fingerprint density at radius 2 is 1.65 bits per heavy atom. The lowest BCUT2D eigenvalue weighted by molar-refractivity contribution is -0.305. The summed E-state index contributed by atoms with van der Waals surface area (Å²) in [5.41, 5.74) is 0.556. The van der Waals surface area contributed by atoms with Crippen LogP contribution < -0.4 is 19.9 Å². The second kappa shape index (κ2) is 7.84. The minimum atomic E-state index is -1.25. The van der Waals surface area contributed by atoms with Crippen LogP contribution in [-0.4, -0.2) is 19.0 Å². The first-order chi connectivity index (χ1) is 11.1. The number of carbonyl (C=O) groups excluding carboxylic acids is 2. The first-order valence-electron chi connectivity index (χ1n) is 6.99. The predicted molar refractivity (Wildman–Crippen MR) is 82.4 cm³/mol. The summed E-state index contributed by atoms with van der Waals surface area (Å²) in [4.78, 5) is 21.8. The molecule has 120 valence electrons. The average molecular weight is 314 g/mol. The van der Waals surface area contributed by atoms with Crippen LogP contribution in [0.1, 0.15) is 12.8 Å². The maximum atomic E-state index is 11.5. The molecule has 2 aromatic rings. The fourth-order valence-corrected chi connectivity index (χ4v) is 1.88. The highest BCUT2D eigenvalue weighted by Crippen LogP contribution is 2.31. The van der Waals surface area contributed by atoms with Crippen LogP contribution in [-0.2, 0) is 9.59 Å². The van der Waals surface area contributed by atoms with E-state index in [9.17, 15) is 14.7 Å². The number of amides is 1. The van der Waals surface area contributed by atoms with Crippen LogP contribution >= 0.6 is 0 Å². The summed E-state index contributed by atoms with van der Waals surface area (Å²) < 4.78 is 10.9. The molecule has 0 atom stereocenters. The molecule has 0 spiro atoms. The van der Waals surface area contributed by atoms with Crippen LogP contribution in [0.5, 0.6) is 17.2 Å². The van der Waals surface area contributed by atoms with Gasteiger partial charge < -0.3 is 24.7 Å². The Balaban J connectivity index is 1.97. The summed E-state index contributed by atoms with van der Waals surface area (Å²) in [6, 6.07) is 14.0. The van der Waals surface area contributed by atoms with E-state index in [4.69, 9.17) is 9.47 Å². The molecule has 0 saturated heterocycles. The fraction of sp³-hybridized carbons (Fsp3) is 0.176. The van der Waals surface area contributed by atoms with Crippen molar-refractivity contribution in [1.82, 2.24) is 0 Å². The molecule has 0 saturated carbocycles. The van der Waals surface area contributed by atoms with Crippen molar-refractivity contribution in [3.8, 4) is 17.2 Å². The number of benzene rings is 2. The number of aliphatic carboxylic acids is 1. The van der Waals surface area contributed by atoms with E-state index < -0.39 is 5.97 Å². The molecule has 0 aliphatic carbocycles. The number of rotatable bonds is 7. The SMILES string of the molecule is COc1ccccc1Oc1ccc(NC(=O)CCC(=O)[O-])cc1. The van der Waals surface area contributed by atoms with Gasteiger partial charge in [0.15, 0.2) is 11.5 Å². The number of para-hydroxylation sites is 2. The standard InChI is InChI=1S/C17H17NO5/c1-22-14-4-2-3-5-15(14)23-13-8-6-12(7-9-13)18-16(19)10-11-17(20)21/h2-9H,10-11H2,1H3,(H,18,19)(H,20,21)/p-1. The van der Waals surface area contributed by atoms with Crippen molar-refractivity contribution in [2.75, 3.05) is 12.4 Å². The lowest BCUT2D eigenvalue weighted by Gasteiger charge is -2.11. The van der Waals surface area contributed by atoms with E-state index >= 15 is 0 Å². The molecular weight excluding hydrogens is 298 g/mol. The molecule has 6 heteroatoms. The van der Waals surface area contributed by atoms with E-state index in [1.165, 1.54) is 0 Å². The van der Waals surface area contributed by atoms with Crippen molar-refractivity contribution < 1.29 is 24.2 Å². The van der Waals surface area contributed by atoms with Gasteiger partial charge in [0.2, 0.25) is 5.91 Å². The molecule has 6 nitrogen and oxygen atoms in total. The van der Waals surface area contributed by atoms with E-state index in [0.29, 0.717) is 22.9 Å². The number of carboxylic acids is 1. The number of carboxylic acid groups (broad SMARTS) is 1. The first kappa shape index (κ1) is 16.4. The Morgan fingerprint density at radius 1 is 1.00 bits per heavy atom. The van der Waals surface area contributed by atoms with Gasteiger partial charge in [0, 0.05) is 18.1 Å². The molecule has 2 rings (SSSR count). The van der Waals surface area contributed by atoms with Crippen LogP contribution in [0.2, 0.25) is 0 Å². The predicted octanol–water partition coefficient (Wildman–Crippen LogP) is 1.96. The molecule has 0 unspecified atom stereocenters. The Kier molecular flexibility index (Phi) is 5.57. The largest absolute Gasteiger partial charge is 0.550 e. The van der Waals surface area contributed by atoms with Crippen molar-refractivity contribution in [2.45, 2.75) is 12.8 Å². The highest BCUT2D eigenvalue weighted by atomic mass is 16.5. The Hall–Kier alpha value is -3.02. The molecule has 0 aliphatic rings. The molecule has 0 radical (unpaired) electrons.